The highest BCUT2D eigenvalue weighted by atomic mass is 32.2. The molecule has 2 rings (SSSR count). The maximum atomic E-state index is 12.2. The van der Waals surface area contributed by atoms with Crippen molar-refractivity contribution in [2.24, 2.45) is 0 Å². The molecule has 1 N–H and O–H groups in total. The van der Waals surface area contributed by atoms with Crippen molar-refractivity contribution in [2.45, 2.75) is 13.0 Å². The van der Waals surface area contributed by atoms with E-state index >= 15 is 0 Å². The van der Waals surface area contributed by atoms with Gasteiger partial charge in [0.15, 0.2) is 0 Å². The van der Waals surface area contributed by atoms with Crippen LogP contribution < -0.4 is 5.32 Å². The molecule has 0 aromatic rings. The van der Waals surface area contributed by atoms with Crippen molar-refractivity contribution in [3.63, 3.8) is 0 Å². The fourth-order valence-electron chi connectivity index (χ4n) is 2.05. The number of nitrogens with zero attached hydrogens (tertiary/aromatic N) is 2. The van der Waals surface area contributed by atoms with Crippen LogP contribution in [0.4, 0.5) is 4.79 Å². The molecule has 0 aromatic carbocycles. The average Bonchev–Trinajstić information content (AvgIpc) is 2.30. The second-order valence-electron chi connectivity index (χ2n) is 4.14. The van der Waals surface area contributed by atoms with Crippen molar-refractivity contribution >= 4 is 17.8 Å². The number of carbonyl (C=O) groups is 1. The Balaban J connectivity index is 1.92. The molecular weight excluding hydrogens is 210 g/mol. The second kappa shape index (κ2) is 5.07. The zero-order valence-corrected chi connectivity index (χ0v) is 10.1. The summed E-state index contributed by atoms with van der Waals surface area (Å²) >= 11 is 1.95. The van der Waals surface area contributed by atoms with E-state index in [1.165, 1.54) is 0 Å². The maximum Gasteiger partial charge on any atom is 0.320 e. The van der Waals surface area contributed by atoms with E-state index in [9.17, 15) is 4.79 Å². The number of nitrogens with one attached hydrogen (secondary N) is 1. The van der Waals surface area contributed by atoms with Crippen LogP contribution in [0, 0.1) is 0 Å². The number of amides is 2. The van der Waals surface area contributed by atoms with Gasteiger partial charge < -0.3 is 15.1 Å². The summed E-state index contributed by atoms with van der Waals surface area (Å²) in [6, 6.07) is 0.635. The van der Waals surface area contributed by atoms with Gasteiger partial charge in [-0.05, 0) is 6.92 Å². The summed E-state index contributed by atoms with van der Waals surface area (Å²) in [6.45, 7) is 6.64. The van der Waals surface area contributed by atoms with Crippen LogP contribution in [0.5, 0.6) is 0 Å². The van der Waals surface area contributed by atoms with Gasteiger partial charge in [-0.3, -0.25) is 0 Å². The molecule has 86 valence electrons. The molecule has 2 heterocycles. The fourth-order valence-corrected chi connectivity index (χ4v) is 3.06. The summed E-state index contributed by atoms with van der Waals surface area (Å²) in [5.41, 5.74) is 0. The first kappa shape index (κ1) is 11.1. The lowest BCUT2D eigenvalue weighted by atomic mass is 10.3. The Labute approximate surface area is 95.4 Å². The molecule has 0 aromatic heterocycles. The zero-order valence-electron chi connectivity index (χ0n) is 9.24. The first-order valence-corrected chi connectivity index (χ1v) is 6.78. The van der Waals surface area contributed by atoms with Gasteiger partial charge in [0.1, 0.15) is 0 Å². The summed E-state index contributed by atoms with van der Waals surface area (Å²) < 4.78 is 0. The van der Waals surface area contributed by atoms with Crippen LogP contribution in [-0.2, 0) is 0 Å². The summed E-state index contributed by atoms with van der Waals surface area (Å²) in [5.74, 6) is 2.17. The third-order valence-corrected chi connectivity index (χ3v) is 4.19. The van der Waals surface area contributed by atoms with E-state index in [0.717, 1.165) is 44.2 Å². The monoisotopic (exact) mass is 229 g/mol. The Morgan fingerprint density at radius 2 is 2.07 bits per heavy atom. The highest BCUT2D eigenvalue weighted by Gasteiger charge is 2.27. The SMILES string of the molecule is CC1CSCCN1C(=O)N1CCNCC1. The number of urea groups is 1. The van der Waals surface area contributed by atoms with Crippen molar-refractivity contribution < 1.29 is 4.79 Å². The van der Waals surface area contributed by atoms with Gasteiger partial charge in [0.05, 0.1) is 0 Å². The number of thioether (sulfide) groups is 1. The molecule has 1 unspecified atom stereocenters. The van der Waals surface area contributed by atoms with Crippen LogP contribution in [0.2, 0.25) is 0 Å². The van der Waals surface area contributed by atoms with E-state index in [1.54, 1.807) is 0 Å². The van der Waals surface area contributed by atoms with Crippen LogP contribution in [-0.4, -0.2) is 66.1 Å². The number of hydrogen-bond donors (Lipinski definition) is 1. The Hall–Kier alpha value is -0.420. The van der Waals surface area contributed by atoms with Crippen molar-refractivity contribution in [3.05, 3.63) is 0 Å². The molecule has 0 saturated carbocycles. The van der Waals surface area contributed by atoms with Crippen molar-refractivity contribution in [3.8, 4) is 0 Å². The number of carbonyl (C=O) groups excluding carboxylic acids is 1. The van der Waals surface area contributed by atoms with E-state index in [2.05, 4.69) is 12.2 Å². The summed E-state index contributed by atoms with van der Waals surface area (Å²) in [4.78, 5) is 16.2. The normalized spacial score (nSPS) is 27.9. The molecule has 4 nitrogen and oxygen atoms in total. The molecule has 2 aliphatic rings. The van der Waals surface area contributed by atoms with Gasteiger partial charge in [0.25, 0.3) is 0 Å². The number of rotatable bonds is 0. The van der Waals surface area contributed by atoms with Crippen LogP contribution in [0.1, 0.15) is 6.92 Å². The molecule has 0 aliphatic carbocycles. The molecule has 5 heteroatoms. The maximum absolute atomic E-state index is 12.2. The van der Waals surface area contributed by atoms with Crippen LogP contribution in [0.25, 0.3) is 0 Å². The van der Waals surface area contributed by atoms with Gasteiger partial charge in [-0.1, -0.05) is 0 Å². The quantitative estimate of drug-likeness (QED) is 0.655. The Bertz CT molecular complexity index is 231. The van der Waals surface area contributed by atoms with Gasteiger partial charge in [0.2, 0.25) is 0 Å². The van der Waals surface area contributed by atoms with Crippen molar-refractivity contribution in [1.29, 1.82) is 0 Å². The third-order valence-electron chi connectivity index (χ3n) is 3.00. The highest BCUT2D eigenvalue weighted by molar-refractivity contribution is 7.99. The predicted molar refractivity (Wildman–Crippen MR) is 63.3 cm³/mol. The third kappa shape index (κ3) is 2.58. The van der Waals surface area contributed by atoms with E-state index in [4.69, 9.17) is 0 Å². The minimum atomic E-state index is 0.240. The lowest BCUT2D eigenvalue weighted by molar-refractivity contribution is 0.137. The first-order chi connectivity index (χ1) is 7.29. The summed E-state index contributed by atoms with van der Waals surface area (Å²) in [7, 11) is 0. The van der Waals surface area contributed by atoms with E-state index < -0.39 is 0 Å². The molecule has 15 heavy (non-hydrogen) atoms. The second-order valence-corrected chi connectivity index (χ2v) is 5.29. The Morgan fingerprint density at radius 1 is 1.33 bits per heavy atom. The molecule has 0 spiro atoms. The van der Waals surface area contributed by atoms with Gasteiger partial charge >= 0.3 is 6.03 Å². The standard InChI is InChI=1S/C10H19N3OS/c1-9-8-15-7-6-13(9)10(14)12-4-2-11-3-5-12/h9,11H,2-8H2,1H3. The molecule has 2 amide bonds. The Kier molecular flexibility index (Phi) is 3.75. The predicted octanol–water partition coefficient (Wildman–Crippen LogP) is 0.449. The average molecular weight is 229 g/mol. The van der Waals surface area contributed by atoms with Crippen LogP contribution in [0.3, 0.4) is 0 Å². The molecule has 0 bridgehead atoms. The number of hydrogen-bond acceptors (Lipinski definition) is 3. The van der Waals surface area contributed by atoms with Gasteiger partial charge in [-0.2, -0.15) is 11.8 Å². The van der Waals surface area contributed by atoms with Crippen molar-refractivity contribution in [1.82, 2.24) is 15.1 Å². The van der Waals surface area contributed by atoms with Gasteiger partial charge in [0, 0.05) is 50.3 Å². The van der Waals surface area contributed by atoms with E-state index in [1.807, 2.05) is 21.6 Å². The van der Waals surface area contributed by atoms with Gasteiger partial charge in [-0.15, -0.1) is 0 Å². The molecule has 2 saturated heterocycles. The largest absolute Gasteiger partial charge is 0.322 e. The van der Waals surface area contributed by atoms with Crippen molar-refractivity contribution in [2.75, 3.05) is 44.2 Å². The van der Waals surface area contributed by atoms with Crippen LogP contribution in [0.15, 0.2) is 0 Å². The molecule has 0 radical (unpaired) electrons. The zero-order chi connectivity index (χ0) is 10.7. The van der Waals surface area contributed by atoms with Crippen LogP contribution >= 0.6 is 11.8 Å². The Morgan fingerprint density at radius 3 is 2.73 bits per heavy atom. The fraction of sp³-hybridized carbons (Fsp3) is 0.900. The molecule has 1 atom stereocenters. The first-order valence-electron chi connectivity index (χ1n) is 5.63. The minimum Gasteiger partial charge on any atom is -0.322 e. The topological polar surface area (TPSA) is 35.6 Å². The lowest BCUT2D eigenvalue weighted by Crippen LogP contribution is -2.55. The minimum absolute atomic E-state index is 0.240. The number of piperazine rings is 1. The van der Waals surface area contributed by atoms with E-state index in [-0.39, 0.29) is 6.03 Å². The lowest BCUT2D eigenvalue weighted by Gasteiger charge is -2.38. The summed E-state index contributed by atoms with van der Waals surface area (Å²) in [6.07, 6.45) is 0. The smallest absolute Gasteiger partial charge is 0.320 e. The molecular formula is C10H19N3OS. The van der Waals surface area contributed by atoms with E-state index in [0.29, 0.717) is 6.04 Å². The summed E-state index contributed by atoms with van der Waals surface area (Å²) in [5, 5.41) is 3.27. The molecule has 2 aliphatic heterocycles. The van der Waals surface area contributed by atoms with Gasteiger partial charge in [-0.25, -0.2) is 4.79 Å². The molecule has 2 fully saturated rings. The highest BCUT2D eigenvalue weighted by Crippen LogP contribution is 2.17.